The van der Waals surface area contributed by atoms with Crippen molar-refractivity contribution in [2.45, 2.75) is 19.8 Å². The fraction of sp³-hybridized carbons (Fsp3) is 0.190. The molecule has 1 aliphatic carbocycles. The molecule has 0 spiro atoms. The monoisotopic (exact) mass is 416 g/mol. The number of aliphatic imine (C=N–C) groups is 1. The van der Waals surface area contributed by atoms with Crippen molar-refractivity contribution in [3.05, 3.63) is 64.2 Å². The van der Waals surface area contributed by atoms with Gasteiger partial charge in [0.25, 0.3) is 5.91 Å². The predicted octanol–water partition coefficient (Wildman–Crippen LogP) is 3.55. The van der Waals surface area contributed by atoms with Crippen molar-refractivity contribution < 1.29 is 22.4 Å². The lowest BCUT2D eigenvalue weighted by molar-refractivity contribution is -0.124. The van der Waals surface area contributed by atoms with E-state index in [0.29, 0.717) is 12.1 Å². The molecule has 1 unspecified atom stereocenters. The molecular formula is C21H16F4N4O. The average Bonchev–Trinajstić information content (AvgIpc) is 2.82. The quantitative estimate of drug-likeness (QED) is 0.444. The Balaban J connectivity index is 2.25. The molecule has 2 aromatic rings. The largest absolute Gasteiger partial charge is 0.370 e. The van der Waals surface area contributed by atoms with Gasteiger partial charge in [-0.2, -0.15) is 10.3 Å². The Morgan fingerprint density at radius 3 is 2.27 bits per heavy atom. The molecule has 9 heteroatoms. The van der Waals surface area contributed by atoms with E-state index in [0.717, 1.165) is 6.07 Å². The molecule has 0 radical (unpaired) electrons. The molecule has 0 aliphatic heterocycles. The first-order valence-electron chi connectivity index (χ1n) is 8.81. The lowest BCUT2D eigenvalue weighted by atomic mass is 9.83. The van der Waals surface area contributed by atoms with E-state index in [9.17, 15) is 27.6 Å². The first-order valence-corrected chi connectivity index (χ1v) is 8.81. The molecule has 1 amide bonds. The van der Waals surface area contributed by atoms with Crippen LogP contribution in [0.15, 0.2) is 29.3 Å². The minimum Gasteiger partial charge on any atom is -0.370 e. The Hall–Kier alpha value is -3.67. The Bertz CT molecular complexity index is 1140. The molecule has 1 aliphatic rings. The summed E-state index contributed by atoms with van der Waals surface area (Å²) in [6.45, 7) is 1.55. The molecular weight excluding hydrogens is 400 g/mol. The Kier molecular flexibility index (Phi) is 5.35. The van der Waals surface area contributed by atoms with Gasteiger partial charge in [0.1, 0.15) is 23.3 Å². The van der Waals surface area contributed by atoms with E-state index in [1.165, 1.54) is 12.2 Å². The number of benzene rings is 2. The highest BCUT2D eigenvalue weighted by molar-refractivity contribution is 5.96. The highest BCUT2D eigenvalue weighted by Crippen LogP contribution is 2.41. The number of hydrogen-bond donors (Lipinski definition) is 2. The van der Waals surface area contributed by atoms with Gasteiger partial charge in [-0.15, -0.1) is 0 Å². The molecule has 154 valence electrons. The van der Waals surface area contributed by atoms with Crippen LogP contribution >= 0.6 is 0 Å². The number of amides is 1. The zero-order valence-electron chi connectivity index (χ0n) is 15.8. The number of halogens is 4. The number of guanidine groups is 1. The van der Waals surface area contributed by atoms with E-state index in [1.54, 1.807) is 6.92 Å². The second-order valence-corrected chi connectivity index (χ2v) is 7.12. The van der Waals surface area contributed by atoms with Gasteiger partial charge in [0, 0.05) is 17.7 Å². The third-order valence-electron chi connectivity index (χ3n) is 5.04. The van der Waals surface area contributed by atoms with Crippen LogP contribution in [0.1, 0.15) is 30.0 Å². The second kappa shape index (κ2) is 7.63. The van der Waals surface area contributed by atoms with Gasteiger partial charge in [-0.1, -0.05) is 12.2 Å². The smallest absolute Gasteiger partial charge is 0.258 e. The summed E-state index contributed by atoms with van der Waals surface area (Å²) >= 11 is 0. The maximum absolute atomic E-state index is 14.9. The molecule has 0 saturated carbocycles. The summed E-state index contributed by atoms with van der Waals surface area (Å²) in [6, 6.07) is 3.58. The van der Waals surface area contributed by atoms with Crippen LogP contribution in [0.25, 0.3) is 17.2 Å². The number of fused-ring (bicyclic) bond motifs is 1. The van der Waals surface area contributed by atoms with Crippen molar-refractivity contribution in [2.24, 2.45) is 21.9 Å². The van der Waals surface area contributed by atoms with E-state index in [4.69, 9.17) is 11.5 Å². The third kappa shape index (κ3) is 3.64. The molecule has 2 aromatic carbocycles. The molecule has 0 aromatic heterocycles. The zero-order chi connectivity index (χ0) is 22.2. The van der Waals surface area contributed by atoms with E-state index >= 15 is 0 Å². The maximum Gasteiger partial charge on any atom is 0.258 e. The molecule has 0 bridgehead atoms. The minimum atomic E-state index is -1.29. The standard InChI is InChI=1S/C21H16F4N4O/c1-21(19(30)29-20(27)28)4-2-12-10(9-26)6-14(23)17(13(12)3-5-21)18-15(24)7-11(22)8-16(18)25/h2,4,6-8H,3,5H2,1H3,(H4,27,28,29,30). The Morgan fingerprint density at radius 2 is 1.70 bits per heavy atom. The highest BCUT2D eigenvalue weighted by Gasteiger charge is 2.34. The van der Waals surface area contributed by atoms with Crippen molar-refractivity contribution in [2.75, 3.05) is 0 Å². The number of hydrogen-bond acceptors (Lipinski definition) is 2. The van der Waals surface area contributed by atoms with Crippen molar-refractivity contribution in [1.29, 1.82) is 5.26 Å². The van der Waals surface area contributed by atoms with Gasteiger partial charge in [0.15, 0.2) is 5.96 Å². The molecule has 1 atom stereocenters. The molecule has 3 rings (SSSR count). The summed E-state index contributed by atoms with van der Waals surface area (Å²) in [7, 11) is 0. The SMILES string of the molecule is CC1(C(=O)N=C(N)N)C=Cc2c(C#N)cc(F)c(-c3c(F)cc(F)cc3F)c2CC1. The third-order valence-corrected chi connectivity index (χ3v) is 5.04. The van der Waals surface area contributed by atoms with Crippen molar-refractivity contribution >= 4 is 17.9 Å². The van der Waals surface area contributed by atoms with Crippen molar-refractivity contribution in [3.63, 3.8) is 0 Å². The summed E-state index contributed by atoms with van der Waals surface area (Å²) in [4.78, 5) is 16.0. The van der Waals surface area contributed by atoms with Crippen molar-refractivity contribution in [1.82, 2.24) is 0 Å². The topological polar surface area (TPSA) is 105 Å². The van der Waals surface area contributed by atoms with E-state index in [-0.39, 0.29) is 29.5 Å². The lowest BCUT2D eigenvalue weighted by Crippen LogP contribution is -2.30. The van der Waals surface area contributed by atoms with Crippen LogP contribution in [-0.4, -0.2) is 11.9 Å². The van der Waals surface area contributed by atoms with Crippen LogP contribution in [0.2, 0.25) is 0 Å². The van der Waals surface area contributed by atoms with Gasteiger partial charge in [0.05, 0.1) is 22.6 Å². The maximum atomic E-state index is 14.9. The van der Waals surface area contributed by atoms with Crippen LogP contribution in [0.4, 0.5) is 17.6 Å². The van der Waals surface area contributed by atoms with Gasteiger partial charge in [-0.3, -0.25) is 4.79 Å². The van der Waals surface area contributed by atoms with E-state index < -0.39 is 51.7 Å². The zero-order valence-corrected chi connectivity index (χ0v) is 15.8. The normalized spacial score (nSPS) is 17.6. The van der Waals surface area contributed by atoms with Crippen molar-refractivity contribution in [3.8, 4) is 17.2 Å². The molecule has 0 saturated heterocycles. The van der Waals surface area contributed by atoms with Crippen LogP contribution in [0.3, 0.4) is 0 Å². The summed E-state index contributed by atoms with van der Waals surface area (Å²) in [5.74, 6) is -5.86. The molecule has 0 heterocycles. The van der Waals surface area contributed by atoms with Gasteiger partial charge in [-0.25, -0.2) is 17.6 Å². The predicted molar refractivity (Wildman–Crippen MR) is 103 cm³/mol. The summed E-state index contributed by atoms with van der Waals surface area (Å²) in [5, 5.41) is 9.41. The van der Waals surface area contributed by atoms with Crippen LogP contribution in [0.5, 0.6) is 0 Å². The van der Waals surface area contributed by atoms with Gasteiger partial charge < -0.3 is 11.5 Å². The lowest BCUT2D eigenvalue weighted by Gasteiger charge is -2.21. The molecule has 30 heavy (non-hydrogen) atoms. The first-order chi connectivity index (χ1) is 14.1. The summed E-state index contributed by atoms with van der Waals surface area (Å²) in [6.07, 6.45) is 2.91. The number of rotatable bonds is 2. The van der Waals surface area contributed by atoms with Gasteiger partial charge >= 0.3 is 0 Å². The Labute approximate surface area is 169 Å². The minimum absolute atomic E-state index is 0.0252. The first kappa shape index (κ1) is 21.0. The van der Waals surface area contributed by atoms with Crippen LogP contribution in [-0.2, 0) is 11.2 Å². The second-order valence-electron chi connectivity index (χ2n) is 7.12. The number of nitriles is 1. The van der Waals surface area contributed by atoms with Crippen LogP contribution < -0.4 is 11.5 Å². The number of carbonyl (C=O) groups is 1. The number of nitrogens with zero attached hydrogens (tertiary/aromatic N) is 2. The molecule has 0 fully saturated rings. The molecule has 4 N–H and O–H groups in total. The summed E-state index contributed by atoms with van der Waals surface area (Å²) < 4.78 is 57.1. The molecule has 5 nitrogen and oxygen atoms in total. The summed E-state index contributed by atoms with van der Waals surface area (Å²) in [5.41, 5.74) is 8.40. The van der Waals surface area contributed by atoms with E-state index in [1.807, 2.05) is 6.07 Å². The fourth-order valence-corrected chi connectivity index (χ4v) is 3.47. The fourth-order valence-electron chi connectivity index (χ4n) is 3.47. The van der Waals surface area contributed by atoms with Gasteiger partial charge in [-0.05, 0) is 37.0 Å². The number of carbonyl (C=O) groups excluding carboxylic acids is 1. The van der Waals surface area contributed by atoms with Crippen LogP contribution in [0, 0.1) is 40.0 Å². The number of nitrogens with two attached hydrogens (primary N) is 2. The average molecular weight is 416 g/mol. The Morgan fingerprint density at radius 1 is 1.10 bits per heavy atom. The van der Waals surface area contributed by atoms with E-state index in [2.05, 4.69) is 4.99 Å². The van der Waals surface area contributed by atoms with Gasteiger partial charge in [0.2, 0.25) is 0 Å². The highest BCUT2D eigenvalue weighted by atomic mass is 19.1.